The SMILES string of the molecule is CC1=C(C)C(C)c2c1ccc1ccccc21. The van der Waals surface area contributed by atoms with Crippen molar-refractivity contribution < 1.29 is 0 Å². The Hall–Kier alpha value is -1.56. The molecule has 0 nitrogen and oxygen atoms in total. The molecule has 0 heteroatoms. The molecule has 0 bridgehead atoms. The van der Waals surface area contributed by atoms with Crippen molar-refractivity contribution in [2.75, 3.05) is 0 Å². The van der Waals surface area contributed by atoms with Crippen molar-refractivity contribution in [3.63, 3.8) is 0 Å². The average Bonchev–Trinajstić information content (AvgIpc) is 2.55. The molecule has 0 heterocycles. The highest BCUT2D eigenvalue weighted by molar-refractivity contribution is 5.94. The van der Waals surface area contributed by atoms with E-state index in [1.54, 1.807) is 0 Å². The average molecular weight is 208 g/mol. The minimum atomic E-state index is 0.570. The molecule has 1 atom stereocenters. The lowest BCUT2D eigenvalue weighted by Crippen LogP contribution is -1.92. The fraction of sp³-hybridized carbons (Fsp3) is 0.250. The zero-order chi connectivity index (χ0) is 11.3. The maximum absolute atomic E-state index is 2.32. The summed E-state index contributed by atoms with van der Waals surface area (Å²) in [5, 5.41) is 2.78. The van der Waals surface area contributed by atoms with Crippen molar-refractivity contribution in [3.8, 4) is 0 Å². The number of benzene rings is 2. The van der Waals surface area contributed by atoms with Crippen LogP contribution in [0.4, 0.5) is 0 Å². The molecule has 0 saturated carbocycles. The van der Waals surface area contributed by atoms with E-state index in [1.165, 1.54) is 33.0 Å². The molecule has 16 heavy (non-hydrogen) atoms. The van der Waals surface area contributed by atoms with E-state index in [9.17, 15) is 0 Å². The summed E-state index contributed by atoms with van der Waals surface area (Å²) >= 11 is 0. The van der Waals surface area contributed by atoms with E-state index in [0.29, 0.717) is 5.92 Å². The predicted octanol–water partition coefficient (Wildman–Crippen LogP) is 4.75. The van der Waals surface area contributed by atoms with Gasteiger partial charge in [-0.05, 0) is 41.3 Å². The molecule has 0 aromatic heterocycles. The maximum atomic E-state index is 2.32. The maximum Gasteiger partial charge on any atom is 0.00351 e. The number of hydrogen-bond donors (Lipinski definition) is 0. The highest BCUT2D eigenvalue weighted by Gasteiger charge is 2.24. The van der Waals surface area contributed by atoms with Crippen LogP contribution in [-0.4, -0.2) is 0 Å². The molecule has 0 saturated heterocycles. The molecule has 1 aliphatic carbocycles. The van der Waals surface area contributed by atoms with E-state index in [2.05, 4.69) is 57.2 Å². The van der Waals surface area contributed by atoms with Crippen molar-refractivity contribution in [3.05, 3.63) is 53.1 Å². The fourth-order valence-corrected chi connectivity index (χ4v) is 2.84. The first-order chi connectivity index (χ1) is 7.70. The van der Waals surface area contributed by atoms with E-state index in [1.807, 2.05) is 0 Å². The second-order valence-electron chi connectivity index (χ2n) is 4.78. The lowest BCUT2D eigenvalue weighted by molar-refractivity contribution is 0.929. The molecule has 0 radical (unpaired) electrons. The standard InChI is InChI=1S/C16H16/c1-10-11(2)14-9-8-13-6-4-5-7-15(13)16(14)12(10)3/h4-9,12H,1-3H3. The Morgan fingerprint density at radius 2 is 1.69 bits per heavy atom. The minimum Gasteiger partial charge on any atom is -0.0625 e. The van der Waals surface area contributed by atoms with Crippen LogP contribution in [0.15, 0.2) is 42.0 Å². The first-order valence-electron chi connectivity index (χ1n) is 5.89. The third-order valence-electron chi connectivity index (χ3n) is 4.05. The molecule has 0 amide bonds. The highest BCUT2D eigenvalue weighted by atomic mass is 14.3. The monoisotopic (exact) mass is 208 g/mol. The summed E-state index contributed by atoms with van der Waals surface area (Å²) in [5.74, 6) is 0.570. The summed E-state index contributed by atoms with van der Waals surface area (Å²) < 4.78 is 0. The van der Waals surface area contributed by atoms with E-state index in [0.717, 1.165) is 0 Å². The van der Waals surface area contributed by atoms with Crippen molar-refractivity contribution >= 4 is 16.3 Å². The molecular weight excluding hydrogens is 192 g/mol. The van der Waals surface area contributed by atoms with Gasteiger partial charge in [0.1, 0.15) is 0 Å². The number of hydrogen-bond acceptors (Lipinski definition) is 0. The van der Waals surface area contributed by atoms with E-state index < -0.39 is 0 Å². The third-order valence-corrected chi connectivity index (χ3v) is 4.05. The van der Waals surface area contributed by atoms with Gasteiger partial charge in [0.25, 0.3) is 0 Å². The number of rotatable bonds is 0. The van der Waals surface area contributed by atoms with Crippen molar-refractivity contribution in [2.24, 2.45) is 0 Å². The summed E-state index contributed by atoms with van der Waals surface area (Å²) in [4.78, 5) is 0. The lowest BCUT2D eigenvalue weighted by Gasteiger charge is -2.11. The van der Waals surface area contributed by atoms with E-state index in [-0.39, 0.29) is 0 Å². The van der Waals surface area contributed by atoms with Crippen LogP contribution in [0.2, 0.25) is 0 Å². The first kappa shape index (κ1) is 9.65. The minimum absolute atomic E-state index is 0.570. The van der Waals surface area contributed by atoms with Gasteiger partial charge >= 0.3 is 0 Å². The van der Waals surface area contributed by atoms with Crippen LogP contribution >= 0.6 is 0 Å². The number of fused-ring (bicyclic) bond motifs is 3. The van der Waals surface area contributed by atoms with Gasteiger partial charge in [0, 0.05) is 5.92 Å². The third kappa shape index (κ3) is 1.10. The van der Waals surface area contributed by atoms with Gasteiger partial charge in [-0.2, -0.15) is 0 Å². The summed E-state index contributed by atoms with van der Waals surface area (Å²) in [6, 6.07) is 13.2. The van der Waals surface area contributed by atoms with Crippen molar-refractivity contribution in [2.45, 2.75) is 26.7 Å². The molecule has 80 valence electrons. The van der Waals surface area contributed by atoms with Gasteiger partial charge in [-0.15, -0.1) is 0 Å². The Bertz CT molecular complexity index is 602. The second-order valence-corrected chi connectivity index (χ2v) is 4.78. The van der Waals surface area contributed by atoms with Crippen molar-refractivity contribution in [1.29, 1.82) is 0 Å². The van der Waals surface area contributed by atoms with Crippen LogP contribution in [0.1, 0.15) is 37.8 Å². The highest BCUT2D eigenvalue weighted by Crippen LogP contribution is 2.44. The molecule has 2 aromatic carbocycles. The van der Waals surface area contributed by atoms with Crippen LogP contribution < -0.4 is 0 Å². The summed E-state index contributed by atoms with van der Waals surface area (Å²) in [6.07, 6.45) is 0. The zero-order valence-electron chi connectivity index (χ0n) is 10.0. The van der Waals surface area contributed by atoms with Crippen LogP contribution in [0, 0.1) is 0 Å². The van der Waals surface area contributed by atoms with Crippen LogP contribution in [0.5, 0.6) is 0 Å². The Kier molecular flexibility index (Phi) is 1.94. The molecule has 0 spiro atoms. The molecule has 3 rings (SSSR count). The van der Waals surface area contributed by atoms with Gasteiger partial charge in [-0.3, -0.25) is 0 Å². The molecule has 0 fully saturated rings. The molecular formula is C16H16. The Morgan fingerprint density at radius 3 is 2.50 bits per heavy atom. The van der Waals surface area contributed by atoms with Gasteiger partial charge in [0.2, 0.25) is 0 Å². The van der Waals surface area contributed by atoms with Crippen molar-refractivity contribution in [1.82, 2.24) is 0 Å². The van der Waals surface area contributed by atoms with Crippen LogP contribution in [0.25, 0.3) is 16.3 Å². The smallest absolute Gasteiger partial charge is 0.00351 e. The largest absolute Gasteiger partial charge is 0.0625 e. The normalized spacial score (nSPS) is 19.3. The Morgan fingerprint density at radius 1 is 0.938 bits per heavy atom. The van der Waals surface area contributed by atoms with Gasteiger partial charge < -0.3 is 0 Å². The Labute approximate surface area is 96.6 Å². The Balaban J connectivity index is 2.42. The van der Waals surface area contributed by atoms with E-state index >= 15 is 0 Å². The second kappa shape index (κ2) is 3.21. The molecule has 0 aliphatic heterocycles. The van der Waals surface area contributed by atoms with E-state index in [4.69, 9.17) is 0 Å². The van der Waals surface area contributed by atoms with Gasteiger partial charge in [0.05, 0.1) is 0 Å². The zero-order valence-corrected chi connectivity index (χ0v) is 10.0. The summed E-state index contributed by atoms with van der Waals surface area (Å²) in [7, 11) is 0. The molecule has 0 N–H and O–H groups in total. The quantitative estimate of drug-likeness (QED) is 0.586. The molecule has 1 unspecified atom stereocenters. The van der Waals surface area contributed by atoms with Gasteiger partial charge in [-0.1, -0.05) is 48.9 Å². The number of allylic oxidation sites excluding steroid dienone is 2. The molecule has 1 aliphatic rings. The fourth-order valence-electron chi connectivity index (χ4n) is 2.84. The predicted molar refractivity (Wildman–Crippen MR) is 70.6 cm³/mol. The van der Waals surface area contributed by atoms with Gasteiger partial charge in [-0.25, -0.2) is 0 Å². The summed E-state index contributed by atoms with van der Waals surface area (Å²) in [6.45, 7) is 6.82. The van der Waals surface area contributed by atoms with Crippen LogP contribution in [-0.2, 0) is 0 Å². The first-order valence-corrected chi connectivity index (χ1v) is 5.89. The lowest BCUT2D eigenvalue weighted by atomic mass is 9.93. The van der Waals surface area contributed by atoms with Gasteiger partial charge in [0.15, 0.2) is 0 Å². The topological polar surface area (TPSA) is 0 Å². The summed E-state index contributed by atoms with van der Waals surface area (Å²) in [5.41, 5.74) is 5.96. The van der Waals surface area contributed by atoms with Crippen LogP contribution in [0.3, 0.4) is 0 Å². The molecule has 2 aromatic rings.